The molecule has 4 aliphatic rings. The summed E-state index contributed by atoms with van der Waals surface area (Å²) in [6.07, 6.45) is 7.40. The van der Waals surface area contributed by atoms with E-state index >= 15 is 0 Å². The average molecular weight is 614 g/mol. The largest absolute Gasteiger partial charge is 0.508 e. The summed E-state index contributed by atoms with van der Waals surface area (Å²) in [6.45, 7) is 1.59. The number of amides is 1. The van der Waals surface area contributed by atoms with E-state index in [4.69, 9.17) is 5.73 Å². The van der Waals surface area contributed by atoms with E-state index in [1.54, 1.807) is 20.2 Å². The number of nitrogens with one attached hydrogen (secondary N) is 1. The third-order valence-corrected chi connectivity index (χ3v) is 9.94. The van der Waals surface area contributed by atoms with Crippen molar-refractivity contribution in [3.8, 4) is 16.9 Å². The van der Waals surface area contributed by atoms with Crippen LogP contribution in [-0.4, -0.2) is 75.1 Å². The summed E-state index contributed by atoms with van der Waals surface area (Å²) in [5, 5.41) is 48.7. The van der Waals surface area contributed by atoms with Crippen LogP contribution in [0.5, 0.6) is 5.75 Å². The molecule has 0 aromatic heterocycles. The van der Waals surface area contributed by atoms with E-state index in [1.165, 1.54) is 29.4 Å². The number of carbonyl (C=O) groups is 3. The minimum Gasteiger partial charge on any atom is -0.508 e. The van der Waals surface area contributed by atoms with Gasteiger partial charge in [0.1, 0.15) is 22.8 Å². The van der Waals surface area contributed by atoms with E-state index < -0.39 is 58.0 Å². The number of benzene rings is 2. The number of Topliss-reactive ketones (excluding diaryl/α,β-unsaturated/α-hetero) is 2. The quantitative estimate of drug-likeness (QED) is 0.202. The Kier molecular flexibility index (Phi) is 7.93. The Morgan fingerprint density at radius 1 is 1.04 bits per heavy atom. The Balaban J connectivity index is 1.36. The highest BCUT2D eigenvalue weighted by molar-refractivity contribution is 6.24. The van der Waals surface area contributed by atoms with Crippen molar-refractivity contribution < 1.29 is 34.8 Å². The van der Waals surface area contributed by atoms with Gasteiger partial charge in [0.05, 0.1) is 11.6 Å². The van der Waals surface area contributed by atoms with Gasteiger partial charge in [-0.2, -0.15) is 0 Å². The Morgan fingerprint density at radius 2 is 1.78 bits per heavy atom. The lowest BCUT2D eigenvalue weighted by molar-refractivity contribution is -0.153. The number of likely N-dealkylation sites (N-methyl/N-ethyl adjacent to an activating group) is 1. The van der Waals surface area contributed by atoms with Gasteiger partial charge in [0.15, 0.2) is 11.4 Å². The molecular formula is C35H39N3O7. The number of hydrogen-bond acceptors (Lipinski definition) is 9. The summed E-state index contributed by atoms with van der Waals surface area (Å²) >= 11 is 0. The van der Waals surface area contributed by atoms with E-state index in [0.29, 0.717) is 5.56 Å². The lowest BCUT2D eigenvalue weighted by atomic mass is 9.57. The van der Waals surface area contributed by atoms with E-state index in [-0.39, 0.29) is 29.7 Å². The van der Waals surface area contributed by atoms with Crippen LogP contribution in [0.15, 0.2) is 65.0 Å². The van der Waals surface area contributed by atoms with Gasteiger partial charge in [-0.05, 0) is 86.9 Å². The SMILES string of the molecule is CN(C)[C@@H]1C(=O)C(C(N)=O)=C(O)[C@@]2(O)C(=O)C3=C(O)c4c(O)ccc(-c5ccc(CNCC6=CCCCC6)cc5)c4CC3CC12. The van der Waals surface area contributed by atoms with Crippen molar-refractivity contribution >= 4 is 23.2 Å². The summed E-state index contributed by atoms with van der Waals surface area (Å²) in [7, 11) is 3.16. The molecule has 0 radical (unpaired) electrons. The van der Waals surface area contributed by atoms with Crippen molar-refractivity contribution in [2.24, 2.45) is 17.6 Å². The van der Waals surface area contributed by atoms with Crippen LogP contribution >= 0.6 is 0 Å². The first-order valence-corrected chi connectivity index (χ1v) is 15.4. The summed E-state index contributed by atoms with van der Waals surface area (Å²) in [4.78, 5) is 41.0. The van der Waals surface area contributed by atoms with Gasteiger partial charge in [-0.25, -0.2) is 0 Å². The highest BCUT2D eigenvalue weighted by Crippen LogP contribution is 2.53. The maximum Gasteiger partial charge on any atom is 0.255 e. The molecule has 2 unspecified atom stereocenters. The Morgan fingerprint density at radius 3 is 2.42 bits per heavy atom. The van der Waals surface area contributed by atoms with Crippen LogP contribution in [-0.2, 0) is 27.3 Å². The molecule has 2 aromatic rings. The third-order valence-electron chi connectivity index (χ3n) is 9.94. The minimum atomic E-state index is -2.66. The smallest absolute Gasteiger partial charge is 0.255 e. The van der Waals surface area contributed by atoms with Gasteiger partial charge in [-0.1, -0.05) is 42.0 Å². The standard InChI is InChI=1S/C35H39N3O7/c1-38(2)29-24-15-21-14-23-22(20-10-8-19(9-11-20)17-37-16-18-6-4-3-5-7-18)12-13-25(39)27(23)30(40)26(21)32(42)35(24,45)33(43)28(31(29)41)34(36)44/h6,8-13,21,24,29,37,39-40,43,45H,3-5,7,14-17H2,1-2H3,(H2,36,44)/t21?,24?,29-,35-/m0/s1. The van der Waals surface area contributed by atoms with Crippen LogP contribution in [0.2, 0.25) is 0 Å². The molecule has 10 nitrogen and oxygen atoms in total. The van der Waals surface area contributed by atoms with Gasteiger partial charge in [-0.3, -0.25) is 19.3 Å². The van der Waals surface area contributed by atoms with E-state index in [0.717, 1.165) is 42.6 Å². The number of hydrogen-bond donors (Lipinski definition) is 6. The number of ketones is 2. The summed E-state index contributed by atoms with van der Waals surface area (Å²) in [5.41, 5.74) is 6.67. The second-order valence-electron chi connectivity index (χ2n) is 12.9. The number of phenols is 1. The molecule has 0 bridgehead atoms. The van der Waals surface area contributed by atoms with Crippen molar-refractivity contribution in [3.63, 3.8) is 0 Å². The second-order valence-corrected chi connectivity index (χ2v) is 12.9. The average Bonchev–Trinajstić information content (AvgIpc) is 3.00. The molecule has 4 aliphatic carbocycles. The zero-order valence-corrected chi connectivity index (χ0v) is 25.5. The van der Waals surface area contributed by atoms with E-state index in [9.17, 15) is 34.8 Å². The number of allylic oxidation sites excluding steroid dienone is 1. The molecule has 236 valence electrons. The number of phenolic OH excluding ortho intramolecular Hbond substituents is 1. The molecule has 1 saturated carbocycles. The van der Waals surface area contributed by atoms with Crippen LogP contribution in [0.4, 0.5) is 0 Å². The minimum absolute atomic E-state index is 0.0436. The van der Waals surface area contributed by atoms with Crippen LogP contribution in [0, 0.1) is 11.8 Å². The molecule has 0 saturated heterocycles. The predicted molar refractivity (Wildman–Crippen MR) is 168 cm³/mol. The fourth-order valence-corrected chi connectivity index (χ4v) is 7.75. The summed E-state index contributed by atoms with van der Waals surface area (Å²) in [6, 6.07) is 10.1. The van der Waals surface area contributed by atoms with Gasteiger partial charge >= 0.3 is 0 Å². The fraction of sp³-hybridized carbons (Fsp3) is 0.400. The molecule has 0 heterocycles. The normalized spacial score (nSPS) is 26.4. The van der Waals surface area contributed by atoms with Crippen LogP contribution in [0.3, 0.4) is 0 Å². The molecule has 1 fully saturated rings. The summed E-state index contributed by atoms with van der Waals surface area (Å²) < 4.78 is 0. The Labute approximate surface area is 261 Å². The first kappa shape index (κ1) is 30.8. The van der Waals surface area contributed by atoms with Gasteiger partial charge in [0.2, 0.25) is 5.78 Å². The van der Waals surface area contributed by atoms with Crippen molar-refractivity contribution in [2.75, 3.05) is 20.6 Å². The maximum atomic E-state index is 14.0. The van der Waals surface area contributed by atoms with Crippen LogP contribution in [0.25, 0.3) is 16.9 Å². The lowest BCUT2D eigenvalue weighted by Crippen LogP contribution is -2.65. The molecule has 10 heteroatoms. The number of nitrogens with two attached hydrogens (primary N) is 1. The molecule has 4 atom stereocenters. The molecule has 0 aliphatic heterocycles. The Bertz CT molecular complexity index is 1690. The number of primary amides is 1. The highest BCUT2D eigenvalue weighted by atomic mass is 16.3. The molecule has 0 spiro atoms. The first-order valence-electron chi connectivity index (χ1n) is 15.4. The monoisotopic (exact) mass is 613 g/mol. The van der Waals surface area contributed by atoms with Gasteiger partial charge in [-0.15, -0.1) is 0 Å². The zero-order chi connectivity index (χ0) is 32.2. The molecule has 6 rings (SSSR count). The van der Waals surface area contributed by atoms with E-state index in [2.05, 4.69) is 11.4 Å². The molecular weight excluding hydrogens is 574 g/mol. The van der Waals surface area contributed by atoms with Crippen molar-refractivity contribution in [3.05, 3.63) is 81.6 Å². The third kappa shape index (κ3) is 4.97. The summed E-state index contributed by atoms with van der Waals surface area (Å²) in [5.74, 6) is -6.63. The number of aliphatic hydroxyl groups excluding tert-OH is 2. The number of nitrogens with zero attached hydrogens (tertiary/aromatic N) is 1. The van der Waals surface area contributed by atoms with E-state index in [1.807, 2.05) is 24.3 Å². The number of rotatable bonds is 7. The fourth-order valence-electron chi connectivity index (χ4n) is 7.75. The van der Waals surface area contributed by atoms with Crippen LogP contribution < -0.4 is 11.1 Å². The van der Waals surface area contributed by atoms with Crippen LogP contribution in [0.1, 0.15) is 48.8 Å². The highest BCUT2D eigenvalue weighted by Gasteiger charge is 2.64. The van der Waals surface area contributed by atoms with Crippen molar-refractivity contribution in [2.45, 2.75) is 56.7 Å². The number of fused-ring (bicyclic) bond motifs is 3. The van der Waals surface area contributed by atoms with Crippen molar-refractivity contribution in [1.82, 2.24) is 10.2 Å². The molecule has 1 amide bonds. The molecule has 7 N–H and O–H groups in total. The molecule has 45 heavy (non-hydrogen) atoms. The number of aliphatic hydroxyl groups is 3. The molecule has 2 aromatic carbocycles. The van der Waals surface area contributed by atoms with Gasteiger partial charge in [0, 0.05) is 24.6 Å². The first-order chi connectivity index (χ1) is 21.4. The topological polar surface area (TPSA) is 173 Å². The lowest BCUT2D eigenvalue weighted by Gasteiger charge is -2.50. The maximum absolute atomic E-state index is 14.0. The number of carbonyl (C=O) groups excluding carboxylic acids is 3. The zero-order valence-electron chi connectivity index (χ0n) is 25.5. The van der Waals surface area contributed by atoms with Gasteiger partial charge in [0.25, 0.3) is 5.91 Å². The Hall–Kier alpha value is -4.25. The number of aromatic hydroxyl groups is 1. The van der Waals surface area contributed by atoms with Crippen molar-refractivity contribution in [1.29, 1.82) is 0 Å². The van der Waals surface area contributed by atoms with Gasteiger partial charge < -0.3 is 31.5 Å². The predicted octanol–water partition coefficient (Wildman–Crippen LogP) is 3.22. The second kappa shape index (κ2) is 11.6.